The van der Waals surface area contributed by atoms with E-state index in [-0.39, 0.29) is 33.9 Å². The van der Waals surface area contributed by atoms with Crippen LogP contribution in [0.2, 0.25) is 0 Å². The molecule has 0 saturated heterocycles. The SMILES string of the molecule is CCCCC(CC)CNC(=O)/C(C#N)=C1/C=C(NC(C)CN(CC)C2=C/C(=C(\C#N)C=O)CC(C)(C)C2)CC(C)(C)C1. The molecular weight excluding hydrogens is 522 g/mol. The minimum atomic E-state index is -0.274. The zero-order valence-corrected chi connectivity index (χ0v) is 27.3. The molecule has 0 heterocycles. The monoisotopic (exact) mass is 575 g/mol. The first-order chi connectivity index (χ1) is 19.8. The Labute approximate surface area is 254 Å². The average Bonchev–Trinajstić information content (AvgIpc) is 2.91. The van der Waals surface area contributed by atoms with Gasteiger partial charge in [-0.05, 0) is 86.0 Å². The number of aldehydes is 1. The summed E-state index contributed by atoms with van der Waals surface area (Å²) in [5, 5.41) is 26.2. The summed E-state index contributed by atoms with van der Waals surface area (Å²) in [4.78, 5) is 27.0. The lowest BCUT2D eigenvalue weighted by Gasteiger charge is -2.39. The second kappa shape index (κ2) is 15.8. The van der Waals surface area contributed by atoms with Crippen molar-refractivity contribution in [1.82, 2.24) is 15.5 Å². The van der Waals surface area contributed by atoms with Crippen LogP contribution in [0.15, 0.2) is 45.8 Å². The molecule has 42 heavy (non-hydrogen) atoms. The van der Waals surface area contributed by atoms with Gasteiger partial charge in [0.2, 0.25) is 0 Å². The van der Waals surface area contributed by atoms with Gasteiger partial charge in [-0.3, -0.25) is 9.59 Å². The summed E-state index contributed by atoms with van der Waals surface area (Å²) in [5.41, 5.74) is 4.05. The summed E-state index contributed by atoms with van der Waals surface area (Å²) in [7, 11) is 0. The van der Waals surface area contributed by atoms with Crippen molar-refractivity contribution in [3.05, 3.63) is 45.8 Å². The number of nitriles is 2. The van der Waals surface area contributed by atoms with Crippen molar-refractivity contribution in [3.8, 4) is 12.1 Å². The predicted octanol–water partition coefficient (Wildman–Crippen LogP) is 6.87. The molecule has 2 aliphatic rings. The highest BCUT2D eigenvalue weighted by molar-refractivity contribution is 5.98. The summed E-state index contributed by atoms with van der Waals surface area (Å²) in [5.74, 6) is 0.154. The molecule has 1 amide bonds. The molecule has 0 aromatic rings. The predicted molar refractivity (Wildman–Crippen MR) is 170 cm³/mol. The van der Waals surface area contributed by atoms with Crippen molar-refractivity contribution < 1.29 is 9.59 Å². The van der Waals surface area contributed by atoms with Gasteiger partial charge in [0.25, 0.3) is 5.91 Å². The summed E-state index contributed by atoms with van der Waals surface area (Å²) < 4.78 is 0. The van der Waals surface area contributed by atoms with E-state index in [9.17, 15) is 20.1 Å². The van der Waals surface area contributed by atoms with Crippen molar-refractivity contribution in [3.63, 3.8) is 0 Å². The fraction of sp³-hybridized carbons (Fsp3) is 0.657. The van der Waals surface area contributed by atoms with Gasteiger partial charge < -0.3 is 15.5 Å². The highest BCUT2D eigenvalue weighted by atomic mass is 16.1. The number of nitrogens with zero attached hydrogens (tertiary/aromatic N) is 3. The Morgan fingerprint density at radius 1 is 1.02 bits per heavy atom. The maximum Gasteiger partial charge on any atom is 0.262 e. The summed E-state index contributed by atoms with van der Waals surface area (Å²) in [6.45, 7) is 19.4. The van der Waals surface area contributed by atoms with Gasteiger partial charge >= 0.3 is 0 Å². The van der Waals surface area contributed by atoms with Crippen LogP contribution in [0.1, 0.15) is 107 Å². The molecule has 0 aliphatic heterocycles. The van der Waals surface area contributed by atoms with Crippen LogP contribution in [0.25, 0.3) is 0 Å². The fourth-order valence-electron chi connectivity index (χ4n) is 6.26. The Hall–Kier alpha value is -3.32. The van der Waals surface area contributed by atoms with Crippen LogP contribution in [0.4, 0.5) is 0 Å². The van der Waals surface area contributed by atoms with Gasteiger partial charge in [-0.15, -0.1) is 0 Å². The molecule has 0 radical (unpaired) electrons. The molecule has 2 unspecified atom stereocenters. The lowest BCUT2D eigenvalue weighted by Crippen LogP contribution is -2.41. The normalized spacial score (nSPS) is 21.4. The van der Waals surface area contributed by atoms with E-state index in [1.165, 1.54) is 0 Å². The van der Waals surface area contributed by atoms with Gasteiger partial charge in [-0.1, -0.05) is 60.8 Å². The fourth-order valence-corrected chi connectivity index (χ4v) is 6.26. The zero-order chi connectivity index (χ0) is 31.5. The summed E-state index contributed by atoms with van der Waals surface area (Å²) >= 11 is 0. The average molecular weight is 576 g/mol. The topological polar surface area (TPSA) is 109 Å². The van der Waals surface area contributed by atoms with Gasteiger partial charge in [0, 0.05) is 37.1 Å². The van der Waals surface area contributed by atoms with Gasteiger partial charge in [-0.25, -0.2) is 0 Å². The van der Waals surface area contributed by atoms with E-state index in [0.29, 0.717) is 31.6 Å². The van der Waals surface area contributed by atoms with E-state index in [1.54, 1.807) is 0 Å². The third kappa shape index (κ3) is 10.2. The molecule has 0 fully saturated rings. The number of rotatable bonds is 14. The third-order valence-corrected chi connectivity index (χ3v) is 8.41. The Kier molecular flexibility index (Phi) is 13.1. The molecular formula is C35H53N5O2. The second-order valence-corrected chi connectivity index (χ2v) is 13.7. The molecule has 2 N–H and O–H groups in total. The van der Waals surface area contributed by atoms with Gasteiger partial charge in [-0.2, -0.15) is 10.5 Å². The maximum absolute atomic E-state index is 13.1. The maximum atomic E-state index is 13.1. The molecule has 0 bridgehead atoms. The highest BCUT2D eigenvalue weighted by Gasteiger charge is 2.31. The van der Waals surface area contributed by atoms with Crippen molar-refractivity contribution in [2.75, 3.05) is 19.6 Å². The molecule has 0 aromatic carbocycles. The number of carbonyl (C=O) groups excluding carboxylic acids is 2. The Morgan fingerprint density at radius 3 is 2.26 bits per heavy atom. The van der Waals surface area contributed by atoms with Crippen molar-refractivity contribution in [2.24, 2.45) is 16.7 Å². The van der Waals surface area contributed by atoms with Crippen LogP contribution >= 0.6 is 0 Å². The van der Waals surface area contributed by atoms with Gasteiger partial charge in [0.05, 0.1) is 5.57 Å². The molecule has 2 aliphatic carbocycles. The first kappa shape index (κ1) is 34.9. The molecule has 0 spiro atoms. The molecule has 2 rings (SSSR count). The Bertz CT molecular complexity index is 1190. The van der Waals surface area contributed by atoms with Gasteiger partial charge in [0.15, 0.2) is 6.29 Å². The van der Waals surface area contributed by atoms with Crippen molar-refractivity contribution in [1.29, 1.82) is 10.5 Å². The van der Waals surface area contributed by atoms with Crippen LogP contribution in [0, 0.1) is 39.4 Å². The number of hydrogen-bond acceptors (Lipinski definition) is 6. The van der Waals surface area contributed by atoms with E-state index < -0.39 is 0 Å². The second-order valence-electron chi connectivity index (χ2n) is 13.7. The number of amides is 1. The summed E-state index contributed by atoms with van der Waals surface area (Å²) in [6.07, 6.45) is 12.2. The lowest BCUT2D eigenvalue weighted by molar-refractivity contribution is -0.117. The van der Waals surface area contributed by atoms with Crippen LogP contribution in [-0.2, 0) is 9.59 Å². The molecule has 2 atom stereocenters. The number of nitrogens with one attached hydrogen (secondary N) is 2. The molecule has 0 saturated carbocycles. The molecule has 7 heteroatoms. The van der Waals surface area contributed by atoms with E-state index in [2.05, 4.69) is 83.1 Å². The highest BCUT2D eigenvalue weighted by Crippen LogP contribution is 2.41. The quantitative estimate of drug-likeness (QED) is 0.133. The number of unbranched alkanes of at least 4 members (excludes halogenated alkanes) is 1. The van der Waals surface area contributed by atoms with E-state index in [4.69, 9.17) is 0 Å². The number of hydrogen-bond donors (Lipinski definition) is 2. The Morgan fingerprint density at radius 2 is 1.69 bits per heavy atom. The standard InChI is InChI=1S/C35H53N5O2/c1-9-12-13-26(10-2)22-38-33(42)32(21-37)28-14-30(18-34(5,6)17-28)39-25(4)23-40(11-3)31-15-27(29(20-36)24-41)16-35(7,8)19-31/h14-15,24-26,39H,9-13,16-19,22-23H2,1-8H3,(H,38,42)/b29-27-,32-28-. The number of carbonyl (C=O) groups is 2. The zero-order valence-electron chi connectivity index (χ0n) is 27.3. The minimum absolute atomic E-state index is 0.0500. The van der Waals surface area contributed by atoms with E-state index in [0.717, 1.165) is 74.2 Å². The van der Waals surface area contributed by atoms with Crippen LogP contribution < -0.4 is 10.6 Å². The minimum Gasteiger partial charge on any atom is -0.384 e. The molecule has 230 valence electrons. The van der Waals surface area contributed by atoms with Crippen molar-refractivity contribution >= 4 is 12.2 Å². The summed E-state index contributed by atoms with van der Waals surface area (Å²) in [6, 6.07) is 4.36. The number of allylic oxidation sites excluding steroid dienone is 7. The first-order valence-electron chi connectivity index (χ1n) is 15.7. The van der Waals surface area contributed by atoms with Crippen molar-refractivity contribution in [2.45, 2.75) is 113 Å². The first-order valence-corrected chi connectivity index (χ1v) is 15.7. The van der Waals surface area contributed by atoms with Crippen LogP contribution in [-0.4, -0.2) is 42.8 Å². The third-order valence-electron chi connectivity index (χ3n) is 8.41. The van der Waals surface area contributed by atoms with Gasteiger partial charge in [0.1, 0.15) is 17.7 Å². The lowest BCUT2D eigenvalue weighted by atomic mass is 9.75. The molecule has 0 aromatic heterocycles. The smallest absolute Gasteiger partial charge is 0.262 e. The molecule has 7 nitrogen and oxygen atoms in total. The number of likely N-dealkylation sites (N-methyl/N-ethyl adjacent to an activating group) is 1. The van der Waals surface area contributed by atoms with E-state index >= 15 is 0 Å². The van der Waals surface area contributed by atoms with E-state index in [1.807, 2.05) is 12.2 Å². The largest absolute Gasteiger partial charge is 0.384 e. The van der Waals surface area contributed by atoms with Crippen LogP contribution in [0.3, 0.4) is 0 Å². The van der Waals surface area contributed by atoms with Crippen LogP contribution in [0.5, 0.6) is 0 Å². The Balaban J connectivity index is 2.25.